The number of benzene rings is 3. The van der Waals surface area contributed by atoms with Crippen LogP contribution in [0.25, 0.3) is 0 Å². The summed E-state index contributed by atoms with van der Waals surface area (Å²) in [5.41, 5.74) is 1.73. The maximum absolute atomic E-state index is 13.0. The van der Waals surface area contributed by atoms with E-state index in [-0.39, 0.29) is 36.1 Å². The number of nitrogens with zero attached hydrogens (tertiary/aromatic N) is 2. The van der Waals surface area contributed by atoms with Gasteiger partial charge < -0.3 is 14.4 Å². The monoisotopic (exact) mass is 476 g/mol. The molecule has 0 N–H and O–H groups in total. The van der Waals surface area contributed by atoms with Gasteiger partial charge in [0, 0.05) is 18.1 Å². The Labute approximate surface area is 200 Å². The first kappa shape index (κ1) is 23.1. The lowest BCUT2D eigenvalue weighted by Gasteiger charge is -2.18. The molecule has 0 spiro atoms. The zero-order chi connectivity index (χ0) is 23.9. The van der Waals surface area contributed by atoms with Crippen molar-refractivity contribution in [3.63, 3.8) is 0 Å². The fraction of sp³-hybridized carbons (Fsp3) is 0.115. The van der Waals surface area contributed by atoms with Crippen LogP contribution in [-0.4, -0.2) is 23.9 Å². The summed E-state index contributed by atoms with van der Waals surface area (Å²) >= 11 is 1.37. The lowest BCUT2D eigenvalue weighted by Crippen LogP contribution is -2.28. The number of amides is 1. The fourth-order valence-electron chi connectivity index (χ4n) is 3.17. The van der Waals surface area contributed by atoms with E-state index in [9.17, 15) is 14.0 Å². The molecule has 0 radical (unpaired) electrons. The molecule has 0 saturated heterocycles. The Morgan fingerprint density at radius 1 is 0.912 bits per heavy atom. The first-order chi connectivity index (χ1) is 16.5. The van der Waals surface area contributed by atoms with E-state index in [0.717, 1.165) is 0 Å². The summed E-state index contributed by atoms with van der Waals surface area (Å²) in [5.74, 6) is -0.720. The number of anilines is 1. The highest BCUT2D eigenvalue weighted by molar-refractivity contribution is 7.09. The largest absolute Gasteiger partial charge is 0.486 e. The lowest BCUT2D eigenvalue weighted by molar-refractivity contribution is 0.0465. The Morgan fingerprint density at radius 2 is 1.59 bits per heavy atom. The van der Waals surface area contributed by atoms with Crippen LogP contribution in [0.5, 0.6) is 5.75 Å². The fourth-order valence-corrected chi connectivity index (χ4v) is 3.86. The number of hydrogen-bond acceptors (Lipinski definition) is 6. The van der Waals surface area contributed by atoms with Crippen LogP contribution in [-0.2, 0) is 18.0 Å². The minimum absolute atomic E-state index is 0.0388. The molecule has 0 fully saturated rings. The van der Waals surface area contributed by atoms with Gasteiger partial charge in [0.15, 0.2) is 0 Å². The number of para-hydroxylation sites is 1. The molecule has 4 aromatic rings. The molecule has 0 atom stereocenters. The number of aromatic nitrogens is 1. The molecule has 172 valence electrons. The third-order valence-corrected chi connectivity index (χ3v) is 5.82. The van der Waals surface area contributed by atoms with Crippen molar-refractivity contribution in [2.75, 3.05) is 11.9 Å². The highest BCUT2D eigenvalue weighted by atomic mass is 32.1. The highest BCUT2D eigenvalue weighted by Crippen LogP contribution is 2.20. The van der Waals surface area contributed by atoms with Crippen molar-refractivity contribution in [1.29, 1.82) is 0 Å². The van der Waals surface area contributed by atoms with Crippen molar-refractivity contribution < 1.29 is 23.5 Å². The summed E-state index contributed by atoms with van der Waals surface area (Å²) in [6.45, 7) is 0.177. The third kappa shape index (κ3) is 5.65. The number of carbonyl (C=O) groups excluding carboxylic acids is 2. The van der Waals surface area contributed by atoms with Gasteiger partial charge in [-0.1, -0.05) is 30.3 Å². The minimum atomic E-state index is -0.609. The van der Waals surface area contributed by atoms with Gasteiger partial charge in [-0.25, -0.2) is 14.2 Å². The van der Waals surface area contributed by atoms with Gasteiger partial charge in [-0.15, -0.1) is 11.3 Å². The summed E-state index contributed by atoms with van der Waals surface area (Å²) in [4.78, 5) is 31.7. The van der Waals surface area contributed by atoms with Gasteiger partial charge in [0.1, 0.15) is 29.8 Å². The van der Waals surface area contributed by atoms with Gasteiger partial charge >= 0.3 is 5.97 Å². The number of esters is 1. The Hall–Kier alpha value is -4.04. The summed E-state index contributed by atoms with van der Waals surface area (Å²) in [6, 6.07) is 21.5. The Morgan fingerprint density at radius 3 is 2.32 bits per heavy atom. The molecule has 0 unspecified atom stereocenters. The van der Waals surface area contributed by atoms with E-state index in [1.807, 2.05) is 30.3 Å². The number of carbonyl (C=O) groups is 2. The normalized spacial score (nSPS) is 10.5. The van der Waals surface area contributed by atoms with E-state index in [4.69, 9.17) is 9.47 Å². The molecule has 8 heteroatoms. The van der Waals surface area contributed by atoms with E-state index >= 15 is 0 Å². The molecular weight excluding hydrogens is 455 g/mol. The van der Waals surface area contributed by atoms with Crippen LogP contribution in [0.3, 0.4) is 0 Å². The number of ether oxygens (including phenoxy) is 2. The summed E-state index contributed by atoms with van der Waals surface area (Å²) in [5, 5.41) is 2.46. The first-order valence-corrected chi connectivity index (χ1v) is 11.3. The molecule has 0 saturated carbocycles. The summed E-state index contributed by atoms with van der Waals surface area (Å²) < 4.78 is 24.0. The predicted molar refractivity (Wildman–Crippen MR) is 128 cm³/mol. The molecule has 0 bridgehead atoms. The Bertz CT molecular complexity index is 1280. The van der Waals surface area contributed by atoms with Crippen molar-refractivity contribution in [1.82, 2.24) is 4.98 Å². The van der Waals surface area contributed by atoms with E-state index in [1.165, 1.54) is 28.4 Å². The van der Waals surface area contributed by atoms with Crippen molar-refractivity contribution >= 4 is 28.9 Å². The zero-order valence-electron chi connectivity index (χ0n) is 18.3. The second-order valence-corrected chi connectivity index (χ2v) is 8.24. The predicted octanol–water partition coefficient (Wildman–Crippen LogP) is 5.49. The first-order valence-electron chi connectivity index (χ1n) is 10.4. The lowest BCUT2D eigenvalue weighted by atomic mass is 10.1. The van der Waals surface area contributed by atoms with Crippen LogP contribution in [0.4, 0.5) is 10.1 Å². The van der Waals surface area contributed by atoms with Gasteiger partial charge in [-0.2, -0.15) is 0 Å². The maximum Gasteiger partial charge on any atom is 0.339 e. The number of hydrogen-bond donors (Lipinski definition) is 0. The van der Waals surface area contributed by atoms with E-state index < -0.39 is 5.97 Å². The smallest absolute Gasteiger partial charge is 0.339 e. The average molecular weight is 477 g/mol. The molecule has 6 nitrogen and oxygen atoms in total. The summed E-state index contributed by atoms with van der Waals surface area (Å²) in [6.07, 6.45) is 0. The van der Waals surface area contributed by atoms with Crippen LogP contribution in [0.1, 0.15) is 31.4 Å². The standard InChI is InChI=1S/C26H21FN2O4S/c1-29(20-7-3-2-4-8-20)25(30)22-9-5-6-10-23(22)26(31)33-15-19-17-34-24(28-19)16-32-21-13-11-18(27)12-14-21/h2-14,17H,15-16H2,1H3. The number of halogens is 1. The molecule has 0 aliphatic carbocycles. The van der Waals surface area contributed by atoms with Crippen molar-refractivity contribution in [3.8, 4) is 5.75 Å². The molecule has 1 amide bonds. The van der Waals surface area contributed by atoms with Crippen LogP contribution in [0.2, 0.25) is 0 Å². The van der Waals surface area contributed by atoms with Gasteiger partial charge in [0.05, 0.1) is 16.8 Å². The van der Waals surface area contributed by atoms with Crippen molar-refractivity contribution in [2.24, 2.45) is 0 Å². The van der Waals surface area contributed by atoms with E-state index in [0.29, 0.717) is 22.1 Å². The highest BCUT2D eigenvalue weighted by Gasteiger charge is 2.21. The molecular formula is C26H21FN2O4S. The van der Waals surface area contributed by atoms with Crippen LogP contribution in [0, 0.1) is 5.82 Å². The van der Waals surface area contributed by atoms with Crippen molar-refractivity contribution in [3.05, 3.63) is 112 Å². The van der Waals surface area contributed by atoms with Crippen LogP contribution >= 0.6 is 11.3 Å². The number of rotatable bonds is 8. The van der Waals surface area contributed by atoms with Crippen LogP contribution < -0.4 is 9.64 Å². The average Bonchev–Trinajstić information content (AvgIpc) is 3.34. The van der Waals surface area contributed by atoms with Gasteiger partial charge in [-0.05, 0) is 48.5 Å². The quantitative estimate of drug-likeness (QED) is 0.314. The van der Waals surface area contributed by atoms with Crippen LogP contribution in [0.15, 0.2) is 84.2 Å². The molecule has 1 heterocycles. The Balaban J connectivity index is 1.37. The number of thiazole rings is 1. The van der Waals surface area contributed by atoms with E-state index in [1.54, 1.807) is 48.8 Å². The molecule has 4 rings (SSSR count). The molecule has 3 aromatic carbocycles. The maximum atomic E-state index is 13.0. The minimum Gasteiger partial charge on any atom is -0.486 e. The SMILES string of the molecule is CN(C(=O)c1ccccc1C(=O)OCc1csc(COc2ccc(F)cc2)n1)c1ccccc1. The molecule has 1 aromatic heterocycles. The van der Waals surface area contributed by atoms with Gasteiger partial charge in [0.25, 0.3) is 5.91 Å². The Kier molecular flexibility index (Phi) is 7.29. The second-order valence-electron chi connectivity index (χ2n) is 7.30. The summed E-state index contributed by atoms with van der Waals surface area (Å²) in [7, 11) is 1.66. The van der Waals surface area contributed by atoms with Gasteiger partial charge in [0.2, 0.25) is 0 Å². The second kappa shape index (κ2) is 10.7. The van der Waals surface area contributed by atoms with E-state index in [2.05, 4.69) is 4.98 Å². The van der Waals surface area contributed by atoms with Crippen molar-refractivity contribution in [2.45, 2.75) is 13.2 Å². The molecule has 0 aliphatic heterocycles. The topological polar surface area (TPSA) is 68.7 Å². The molecule has 0 aliphatic rings. The third-order valence-electron chi connectivity index (χ3n) is 4.95. The van der Waals surface area contributed by atoms with Gasteiger partial charge in [-0.3, -0.25) is 4.79 Å². The molecule has 34 heavy (non-hydrogen) atoms. The zero-order valence-corrected chi connectivity index (χ0v) is 19.1.